The van der Waals surface area contributed by atoms with E-state index in [-0.39, 0.29) is 0 Å². The second kappa shape index (κ2) is 11.4. The van der Waals surface area contributed by atoms with Crippen LogP contribution in [-0.2, 0) is 9.84 Å². The lowest BCUT2D eigenvalue weighted by Crippen LogP contribution is -2.33. The number of rotatable bonds is 10. The van der Waals surface area contributed by atoms with Gasteiger partial charge in [-0.25, -0.2) is 17.9 Å². The highest BCUT2D eigenvalue weighted by Crippen LogP contribution is 2.39. The summed E-state index contributed by atoms with van der Waals surface area (Å²) < 4.78 is 24.4. The zero-order valence-electron chi connectivity index (χ0n) is 23.9. The van der Waals surface area contributed by atoms with Crippen molar-refractivity contribution in [3.05, 3.63) is 47.0 Å². The molecule has 4 aromatic heterocycles. The molecule has 1 aliphatic carbocycles. The molecule has 0 saturated heterocycles. The van der Waals surface area contributed by atoms with Gasteiger partial charge in [0, 0.05) is 47.0 Å². The van der Waals surface area contributed by atoms with E-state index in [1.165, 1.54) is 23.1 Å². The van der Waals surface area contributed by atoms with Crippen molar-refractivity contribution < 1.29 is 8.42 Å². The predicted octanol–water partition coefficient (Wildman–Crippen LogP) is 5.84. The van der Waals surface area contributed by atoms with E-state index in [2.05, 4.69) is 66.4 Å². The summed E-state index contributed by atoms with van der Waals surface area (Å²) in [5, 5.41) is 8.11. The van der Waals surface area contributed by atoms with E-state index in [4.69, 9.17) is 4.98 Å². The van der Waals surface area contributed by atoms with E-state index in [1.54, 1.807) is 6.33 Å². The molecule has 1 saturated carbocycles. The Kier molecular flexibility index (Phi) is 8.10. The Balaban J connectivity index is 1.29. The van der Waals surface area contributed by atoms with Gasteiger partial charge in [-0.2, -0.15) is 5.10 Å². The van der Waals surface area contributed by atoms with Crippen LogP contribution in [0.4, 0.5) is 0 Å². The van der Waals surface area contributed by atoms with Crippen LogP contribution in [0.1, 0.15) is 93.0 Å². The van der Waals surface area contributed by atoms with Crippen LogP contribution in [-0.4, -0.2) is 57.6 Å². The van der Waals surface area contributed by atoms with Crippen molar-refractivity contribution in [3.63, 3.8) is 0 Å². The first-order valence-corrected chi connectivity index (χ1v) is 16.4. The third-order valence-corrected chi connectivity index (χ3v) is 9.47. The summed E-state index contributed by atoms with van der Waals surface area (Å²) >= 11 is 0. The van der Waals surface area contributed by atoms with Crippen LogP contribution in [0.3, 0.4) is 0 Å². The summed E-state index contributed by atoms with van der Waals surface area (Å²) in [6.45, 7) is 9.73. The molecular weight excluding hydrogens is 508 g/mol. The van der Waals surface area contributed by atoms with Crippen molar-refractivity contribution in [2.45, 2.75) is 90.5 Å². The lowest BCUT2D eigenvalue weighted by molar-refractivity contribution is 0.338. The Bertz CT molecular complexity index is 1560. The summed E-state index contributed by atoms with van der Waals surface area (Å²) in [5.41, 5.74) is 10.2. The number of sulfone groups is 1. The van der Waals surface area contributed by atoms with Crippen molar-refractivity contribution in [1.82, 2.24) is 29.9 Å². The van der Waals surface area contributed by atoms with Crippen LogP contribution in [0.2, 0.25) is 0 Å². The van der Waals surface area contributed by atoms with Gasteiger partial charge in [0.15, 0.2) is 5.65 Å². The SMILES string of the molecule is Cc1c(-c2[nH]c3ccc(C4CCC(NCCCCCS(C)(=O)=O)CC4)nc3c2C(C)C)cn2ncnc2c1C. The molecule has 2 N–H and O–H groups in total. The fraction of sp³-hybridized carbons (Fsp3) is 0.567. The normalized spacial score (nSPS) is 18.5. The average molecular weight is 551 g/mol. The molecule has 0 bridgehead atoms. The van der Waals surface area contributed by atoms with Gasteiger partial charge in [-0.05, 0) is 88.1 Å². The second-order valence-corrected chi connectivity index (χ2v) is 14.0. The summed E-state index contributed by atoms with van der Waals surface area (Å²) in [4.78, 5) is 13.4. The van der Waals surface area contributed by atoms with E-state index >= 15 is 0 Å². The zero-order chi connectivity index (χ0) is 27.7. The Hall–Kier alpha value is -2.78. The first-order chi connectivity index (χ1) is 18.6. The molecule has 0 unspecified atom stereocenters. The predicted molar refractivity (Wildman–Crippen MR) is 158 cm³/mol. The lowest BCUT2D eigenvalue weighted by atomic mass is 9.83. The molecule has 0 aliphatic heterocycles. The highest BCUT2D eigenvalue weighted by Gasteiger charge is 2.25. The Morgan fingerprint density at radius 2 is 1.85 bits per heavy atom. The lowest BCUT2D eigenvalue weighted by Gasteiger charge is -2.29. The molecule has 0 spiro atoms. The summed E-state index contributed by atoms with van der Waals surface area (Å²) in [6, 6.07) is 4.97. The molecule has 4 heterocycles. The van der Waals surface area contributed by atoms with Gasteiger partial charge in [0.2, 0.25) is 0 Å². The minimum Gasteiger partial charge on any atom is -0.353 e. The number of pyridine rings is 2. The number of aryl methyl sites for hydroxylation is 1. The molecule has 9 heteroatoms. The molecule has 0 amide bonds. The molecule has 5 rings (SSSR count). The number of fused-ring (bicyclic) bond motifs is 2. The summed E-state index contributed by atoms with van der Waals surface area (Å²) in [6.07, 6.45) is 12.3. The van der Waals surface area contributed by atoms with Gasteiger partial charge in [0.25, 0.3) is 0 Å². The molecule has 8 nitrogen and oxygen atoms in total. The van der Waals surface area contributed by atoms with Crippen LogP contribution in [0.5, 0.6) is 0 Å². The number of hydrogen-bond donors (Lipinski definition) is 2. The maximum Gasteiger partial charge on any atom is 0.158 e. The third-order valence-electron chi connectivity index (χ3n) is 8.44. The standard InChI is InChI=1S/C30H42N6O2S/c1-19(2)27-28(24-17-36-30(32-18-33-36)21(4)20(24)3)35-26-14-13-25(34-29(26)27)22-9-11-23(12-10-22)31-15-7-6-8-16-39(5,37)38/h13-14,17-19,22-23,31,35H,6-12,15-16H2,1-5H3. The first-order valence-electron chi connectivity index (χ1n) is 14.4. The van der Waals surface area contributed by atoms with E-state index in [1.807, 2.05) is 4.52 Å². The van der Waals surface area contributed by atoms with Gasteiger partial charge in [0.05, 0.1) is 16.7 Å². The molecule has 210 valence electrons. The number of unbranched alkanes of at least 4 members (excludes halogenated alkanes) is 2. The number of aromatic amines is 1. The minimum atomic E-state index is -2.84. The van der Waals surface area contributed by atoms with Crippen molar-refractivity contribution in [3.8, 4) is 11.3 Å². The Labute approximate surface area is 231 Å². The molecule has 0 aromatic carbocycles. The van der Waals surface area contributed by atoms with E-state index in [0.29, 0.717) is 23.6 Å². The van der Waals surface area contributed by atoms with Crippen molar-refractivity contribution in [2.24, 2.45) is 0 Å². The van der Waals surface area contributed by atoms with Crippen molar-refractivity contribution >= 4 is 26.5 Å². The number of aromatic nitrogens is 5. The quantitative estimate of drug-likeness (QED) is 0.240. The molecule has 1 fully saturated rings. The minimum absolute atomic E-state index is 0.299. The smallest absolute Gasteiger partial charge is 0.158 e. The monoisotopic (exact) mass is 550 g/mol. The fourth-order valence-electron chi connectivity index (χ4n) is 6.12. The number of hydrogen-bond acceptors (Lipinski definition) is 6. The molecular formula is C30H42N6O2S. The Morgan fingerprint density at radius 3 is 2.56 bits per heavy atom. The van der Waals surface area contributed by atoms with Gasteiger partial charge in [0.1, 0.15) is 16.2 Å². The summed E-state index contributed by atoms with van der Waals surface area (Å²) in [5.74, 6) is 1.10. The van der Waals surface area contributed by atoms with Gasteiger partial charge >= 0.3 is 0 Å². The summed E-state index contributed by atoms with van der Waals surface area (Å²) in [7, 11) is -2.84. The number of nitrogens with zero attached hydrogens (tertiary/aromatic N) is 4. The van der Waals surface area contributed by atoms with E-state index in [0.717, 1.165) is 85.0 Å². The highest BCUT2D eigenvalue weighted by atomic mass is 32.2. The molecule has 0 radical (unpaired) electrons. The maximum absolute atomic E-state index is 11.3. The molecule has 39 heavy (non-hydrogen) atoms. The van der Waals surface area contributed by atoms with E-state index in [9.17, 15) is 8.42 Å². The highest BCUT2D eigenvalue weighted by molar-refractivity contribution is 7.90. The Morgan fingerprint density at radius 1 is 1.08 bits per heavy atom. The van der Waals surface area contributed by atoms with Gasteiger partial charge in [-0.3, -0.25) is 4.98 Å². The maximum atomic E-state index is 11.3. The van der Waals surface area contributed by atoms with Crippen LogP contribution in [0.25, 0.3) is 27.9 Å². The molecule has 4 aromatic rings. The zero-order valence-corrected chi connectivity index (χ0v) is 24.7. The molecule has 0 atom stereocenters. The number of nitrogens with one attached hydrogen (secondary N) is 2. The van der Waals surface area contributed by atoms with Crippen LogP contribution < -0.4 is 5.32 Å². The third kappa shape index (κ3) is 6.04. The van der Waals surface area contributed by atoms with Crippen molar-refractivity contribution in [1.29, 1.82) is 0 Å². The van der Waals surface area contributed by atoms with Gasteiger partial charge in [-0.15, -0.1) is 0 Å². The largest absolute Gasteiger partial charge is 0.353 e. The fourth-order valence-corrected chi connectivity index (χ4v) is 6.85. The van der Waals surface area contributed by atoms with Gasteiger partial charge in [-0.1, -0.05) is 20.3 Å². The van der Waals surface area contributed by atoms with Crippen LogP contribution in [0.15, 0.2) is 24.7 Å². The molecule has 1 aliphatic rings. The second-order valence-electron chi connectivity index (χ2n) is 11.7. The topological polar surface area (TPSA) is 105 Å². The van der Waals surface area contributed by atoms with Crippen LogP contribution >= 0.6 is 0 Å². The van der Waals surface area contributed by atoms with Gasteiger partial charge < -0.3 is 10.3 Å². The van der Waals surface area contributed by atoms with Crippen molar-refractivity contribution in [2.75, 3.05) is 18.6 Å². The average Bonchev–Trinajstić information content (AvgIpc) is 3.52. The number of H-pyrrole nitrogens is 1. The first kappa shape index (κ1) is 27.8. The van der Waals surface area contributed by atoms with Crippen LogP contribution in [0, 0.1) is 13.8 Å². The van der Waals surface area contributed by atoms with E-state index < -0.39 is 9.84 Å².